The van der Waals surface area contributed by atoms with Crippen molar-refractivity contribution in [1.29, 1.82) is 0 Å². The summed E-state index contributed by atoms with van der Waals surface area (Å²) in [4.78, 5) is 13.3. The summed E-state index contributed by atoms with van der Waals surface area (Å²) >= 11 is 0. The largest absolute Gasteiger partial charge is 0.399 e. The SMILES string of the molecule is NP(=O)(O)NOc1ccccc1. The predicted octanol–water partition coefficient (Wildman–Crippen LogP) is 0.629. The van der Waals surface area contributed by atoms with Gasteiger partial charge < -0.3 is 9.73 Å². The van der Waals surface area contributed by atoms with Crippen molar-refractivity contribution in [2.45, 2.75) is 0 Å². The van der Waals surface area contributed by atoms with Crippen molar-refractivity contribution < 1.29 is 14.3 Å². The summed E-state index contributed by atoms with van der Waals surface area (Å²) in [5, 5.41) is 1.83. The Labute approximate surface area is 69.7 Å². The van der Waals surface area contributed by atoms with Crippen molar-refractivity contribution in [1.82, 2.24) is 5.25 Å². The Bertz CT molecular complexity index is 284. The first-order valence-corrected chi connectivity index (χ1v) is 4.91. The van der Waals surface area contributed by atoms with E-state index in [9.17, 15) is 4.57 Å². The second-order valence-electron chi connectivity index (χ2n) is 2.13. The van der Waals surface area contributed by atoms with E-state index in [1.807, 2.05) is 5.25 Å². The summed E-state index contributed by atoms with van der Waals surface area (Å²) in [6, 6.07) is 8.52. The summed E-state index contributed by atoms with van der Waals surface area (Å²) in [6.45, 7) is 0. The highest BCUT2D eigenvalue weighted by atomic mass is 31.2. The topological polar surface area (TPSA) is 84.6 Å². The van der Waals surface area contributed by atoms with E-state index in [0.29, 0.717) is 5.75 Å². The normalized spacial score (nSPS) is 15.2. The number of rotatable bonds is 3. The Morgan fingerprint density at radius 3 is 2.50 bits per heavy atom. The van der Waals surface area contributed by atoms with Gasteiger partial charge in [0.25, 0.3) is 0 Å². The molecule has 1 unspecified atom stereocenters. The van der Waals surface area contributed by atoms with Crippen molar-refractivity contribution in [2.24, 2.45) is 5.50 Å². The van der Waals surface area contributed by atoms with Crippen LogP contribution in [0.1, 0.15) is 0 Å². The van der Waals surface area contributed by atoms with E-state index in [4.69, 9.17) is 10.4 Å². The minimum atomic E-state index is -3.80. The third-order valence-corrected chi connectivity index (χ3v) is 1.39. The van der Waals surface area contributed by atoms with E-state index in [0.717, 1.165) is 0 Å². The van der Waals surface area contributed by atoms with Gasteiger partial charge in [-0.1, -0.05) is 23.4 Å². The molecule has 6 heteroatoms. The lowest BCUT2D eigenvalue weighted by molar-refractivity contribution is 0.248. The standard InChI is InChI=1S/C6H9N2O3P/c7-12(9,10)8-11-6-4-2-1-3-5-6/h1-5H,(H4,7,8,9,10). The van der Waals surface area contributed by atoms with Crippen LogP contribution in [0, 0.1) is 0 Å². The van der Waals surface area contributed by atoms with Crippen molar-refractivity contribution >= 4 is 7.67 Å². The molecule has 1 aromatic rings. The fourth-order valence-electron chi connectivity index (χ4n) is 0.607. The average Bonchev–Trinajstić information content (AvgIpc) is 2.02. The van der Waals surface area contributed by atoms with Crippen molar-refractivity contribution in [3.05, 3.63) is 30.3 Å². The molecule has 0 spiro atoms. The average molecular weight is 188 g/mol. The van der Waals surface area contributed by atoms with E-state index < -0.39 is 7.67 Å². The molecule has 0 aliphatic rings. The van der Waals surface area contributed by atoms with E-state index in [1.165, 1.54) is 0 Å². The second kappa shape index (κ2) is 3.69. The van der Waals surface area contributed by atoms with Crippen LogP contribution in [0.5, 0.6) is 5.75 Å². The first-order chi connectivity index (χ1) is 5.58. The van der Waals surface area contributed by atoms with Crippen LogP contribution in [0.25, 0.3) is 0 Å². The van der Waals surface area contributed by atoms with Crippen LogP contribution in [0.15, 0.2) is 30.3 Å². The summed E-state index contributed by atoms with van der Waals surface area (Å²) in [6.07, 6.45) is 0. The number of hydrogen-bond acceptors (Lipinski definition) is 2. The van der Waals surface area contributed by atoms with Crippen molar-refractivity contribution in [3.8, 4) is 5.75 Å². The molecule has 0 fully saturated rings. The Morgan fingerprint density at radius 2 is 2.00 bits per heavy atom. The summed E-state index contributed by atoms with van der Waals surface area (Å²) in [5.41, 5.74) is 4.76. The molecule has 5 nitrogen and oxygen atoms in total. The Balaban J connectivity index is 2.50. The number of benzene rings is 1. The van der Waals surface area contributed by atoms with Gasteiger partial charge in [0.15, 0.2) is 0 Å². The highest BCUT2D eigenvalue weighted by Gasteiger charge is 2.09. The van der Waals surface area contributed by atoms with E-state index in [2.05, 4.69) is 4.84 Å². The lowest BCUT2D eigenvalue weighted by atomic mass is 10.3. The Kier molecular flexibility index (Phi) is 2.83. The second-order valence-corrected chi connectivity index (χ2v) is 3.56. The molecule has 4 N–H and O–H groups in total. The van der Waals surface area contributed by atoms with Gasteiger partial charge in [-0.25, -0.2) is 5.50 Å². The maximum atomic E-state index is 10.5. The highest BCUT2D eigenvalue weighted by Crippen LogP contribution is 2.23. The van der Waals surface area contributed by atoms with Gasteiger partial charge in [0, 0.05) is 0 Å². The van der Waals surface area contributed by atoms with Crippen LogP contribution in [-0.4, -0.2) is 4.89 Å². The third-order valence-electron chi connectivity index (χ3n) is 1.04. The van der Waals surface area contributed by atoms with Gasteiger partial charge in [0.05, 0.1) is 0 Å². The molecule has 0 bridgehead atoms. The minimum absolute atomic E-state index is 0.428. The predicted molar refractivity (Wildman–Crippen MR) is 44.2 cm³/mol. The quantitative estimate of drug-likeness (QED) is 0.478. The highest BCUT2D eigenvalue weighted by molar-refractivity contribution is 7.53. The van der Waals surface area contributed by atoms with Gasteiger partial charge in [-0.05, 0) is 12.1 Å². The van der Waals surface area contributed by atoms with Gasteiger partial charge in [-0.3, -0.25) is 4.57 Å². The van der Waals surface area contributed by atoms with E-state index in [-0.39, 0.29) is 0 Å². The van der Waals surface area contributed by atoms with Crippen LogP contribution in [0.4, 0.5) is 0 Å². The number of para-hydroxylation sites is 1. The summed E-state index contributed by atoms with van der Waals surface area (Å²) < 4.78 is 10.5. The van der Waals surface area contributed by atoms with Crippen LogP contribution in [-0.2, 0) is 4.57 Å². The zero-order valence-electron chi connectivity index (χ0n) is 6.18. The fourth-order valence-corrected chi connectivity index (χ4v) is 0.843. The van der Waals surface area contributed by atoms with Gasteiger partial charge in [0.2, 0.25) is 0 Å². The molecule has 1 atom stereocenters. The third kappa shape index (κ3) is 3.50. The molecule has 0 radical (unpaired) electrons. The summed E-state index contributed by atoms with van der Waals surface area (Å²) in [7, 11) is -3.80. The van der Waals surface area contributed by atoms with Crippen molar-refractivity contribution in [2.75, 3.05) is 0 Å². The van der Waals surface area contributed by atoms with Crippen molar-refractivity contribution in [3.63, 3.8) is 0 Å². The molecular weight excluding hydrogens is 179 g/mol. The van der Waals surface area contributed by atoms with E-state index >= 15 is 0 Å². The van der Waals surface area contributed by atoms with Gasteiger partial charge in [0.1, 0.15) is 5.75 Å². The molecule has 0 saturated heterocycles. The first-order valence-electron chi connectivity index (χ1n) is 3.18. The smallest absolute Gasteiger partial charge is 0.367 e. The lowest BCUT2D eigenvalue weighted by Gasteiger charge is -2.07. The molecular formula is C6H9N2O3P. The molecule has 0 heterocycles. The molecule has 0 aliphatic heterocycles. The summed E-state index contributed by atoms with van der Waals surface area (Å²) in [5.74, 6) is 0.428. The monoisotopic (exact) mass is 188 g/mol. The lowest BCUT2D eigenvalue weighted by Crippen LogP contribution is -2.19. The maximum Gasteiger partial charge on any atom is 0.367 e. The molecule has 66 valence electrons. The van der Waals surface area contributed by atoms with E-state index in [1.54, 1.807) is 30.3 Å². The maximum absolute atomic E-state index is 10.5. The molecule has 0 aliphatic carbocycles. The zero-order chi connectivity index (χ0) is 9.03. The number of nitrogens with two attached hydrogens (primary N) is 1. The first kappa shape index (κ1) is 9.22. The number of nitrogens with one attached hydrogen (secondary N) is 1. The fraction of sp³-hybridized carbons (Fsp3) is 0. The Morgan fingerprint density at radius 1 is 1.42 bits per heavy atom. The number of hydrogen-bond donors (Lipinski definition) is 3. The zero-order valence-corrected chi connectivity index (χ0v) is 7.07. The molecule has 0 saturated carbocycles. The minimum Gasteiger partial charge on any atom is -0.399 e. The Hall–Kier alpha value is -0.870. The van der Waals surface area contributed by atoms with Crippen LogP contribution in [0.2, 0.25) is 0 Å². The van der Waals surface area contributed by atoms with Crippen LogP contribution < -0.4 is 15.6 Å². The molecule has 1 rings (SSSR count). The van der Waals surface area contributed by atoms with Gasteiger partial charge in [-0.2, -0.15) is 0 Å². The van der Waals surface area contributed by atoms with Crippen LogP contribution >= 0.6 is 7.67 Å². The van der Waals surface area contributed by atoms with Gasteiger partial charge >= 0.3 is 7.67 Å². The molecule has 1 aromatic carbocycles. The molecule has 12 heavy (non-hydrogen) atoms. The molecule has 0 aromatic heterocycles. The molecule has 0 amide bonds. The van der Waals surface area contributed by atoms with Gasteiger partial charge in [-0.15, -0.1) is 0 Å². The van der Waals surface area contributed by atoms with Crippen LogP contribution in [0.3, 0.4) is 0 Å².